The van der Waals surface area contributed by atoms with Crippen LogP contribution in [0.25, 0.3) is 0 Å². The first-order valence-corrected chi connectivity index (χ1v) is 8.10. The number of carbonyl (C=O) groups is 1. The molecule has 1 N–H and O–H groups in total. The van der Waals surface area contributed by atoms with E-state index < -0.39 is 0 Å². The van der Waals surface area contributed by atoms with Gasteiger partial charge in [0.15, 0.2) is 5.16 Å². The fourth-order valence-corrected chi connectivity index (χ4v) is 2.71. The van der Waals surface area contributed by atoms with Crippen LogP contribution in [0.1, 0.15) is 12.5 Å². The molecular formula is C15H20N4O2S. The number of amides is 1. The number of hydrogen-bond donors (Lipinski definition) is 1. The fraction of sp³-hybridized carbons (Fsp3) is 0.400. The highest BCUT2D eigenvalue weighted by Crippen LogP contribution is 2.18. The topological polar surface area (TPSA) is 69.0 Å². The van der Waals surface area contributed by atoms with Gasteiger partial charge in [0.2, 0.25) is 5.91 Å². The Bertz CT molecular complexity index is 615. The van der Waals surface area contributed by atoms with Gasteiger partial charge in [0.05, 0.1) is 12.4 Å². The molecule has 0 saturated carbocycles. The number of aryl methyl sites for hydroxylation is 1. The number of benzene rings is 1. The molecule has 0 aliphatic heterocycles. The molecule has 1 heterocycles. The van der Waals surface area contributed by atoms with Crippen molar-refractivity contribution in [1.29, 1.82) is 0 Å². The molecule has 0 aliphatic rings. The van der Waals surface area contributed by atoms with E-state index in [1.807, 2.05) is 28.8 Å². The molecule has 0 spiro atoms. The highest BCUT2D eigenvalue weighted by molar-refractivity contribution is 7.99. The zero-order valence-corrected chi connectivity index (χ0v) is 13.6. The van der Waals surface area contributed by atoms with E-state index in [2.05, 4.69) is 22.4 Å². The van der Waals surface area contributed by atoms with E-state index in [1.165, 1.54) is 11.8 Å². The summed E-state index contributed by atoms with van der Waals surface area (Å²) >= 11 is 1.37. The van der Waals surface area contributed by atoms with Crippen molar-refractivity contribution >= 4 is 23.4 Å². The van der Waals surface area contributed by atoms with Gasteiger partial charge in [-0.05, 0) is 18.1 Å². The Kier molecular flexibility index (Phi) is 6.42. The van der Waals surface area contributed by atoms with Crippen molar-refractivity contribution in [3.05, 3.63) is 36.2 Å². The Morgan fingerprint density at radius 2 is 2.23 bits per heavy atom. The van der Waals surface area contributed by atoms with E-state index in [1.54, 1.807) is 13.4 Å². The van der Waals surface area contributed by atoms with Gasteiger partial charge < -0.3 is 14.6 Å². The van der Waals surface area contributed by atoms with Gasteiger partial charge in [0, 0.05) is 19.3 Å². The molecule has 7 heteroatoms. The molecule has 0 fully saturated rings. The number of thioether (sulfide) groups is 1. The van der Waals surface area contributed by atoms with E-state index >= 15 is 0 Å². The summed E-state index contributed by atoms with van der Waals surface area (Å²) in [6.07, 6.45) is 2.53. The van der Waals surface area contributed by atoms with Crippen LogP contribution in [0.5, 0.6) is 0 Å². The Morgan fingerprint density at radius 1 is 1.41 bits per heavy atom. The summed E-state index contributed by atoms with van der Waals surface area (Å²) < 4.78 is 6.91. The zero-order valence-electron chi connectivity index (χ0n) is 12.8. The van der Waals surface area contributed by atoms with E-state index in [4.69, 9.17) is 4.74 Å². The van der Waals surface area contributed by atoms with Crippen molar-refractivity contribution < 1.29 is 9.53 Å². The normalized spacial score (nSPS) is 10.6. The number of carbonyl (C=O) groups excluding carboxylic acids is 1. The number of para-hydroxylation sites is 1. The highest BCUT2D eigenvalue weighted by Gasteiger charge is 2.10. The second-order valence-electron chi connectivity index (χ2n) is 4.65. The smallest absolute Gasteiger partial charge is 0.234 e. The minimum Gasteiger partial charge on any atom is -0.383 e. The van der Waals surface area contributed by atoms with Crippen LogP contribution in [0.4, 0.5) is 5.69 Å². The fourth-order valence-electron chi connectivity index (χ4n) is 1.97. The summed E-state index contributed by atoms with van der Waals surface area (Å²) in [6, 6.07) is 7.83. The van der Waals surface area contributed by atoms with Crippen molar-refractivity contribution in [3.8, 4) is 0 Å². The lowest BCUT2D eigenvalue weighted by atomic mass is 10.1. The van der Waals surface area contributed by atoms with Gasteiger partial charge in [0.25, 0.3) is 0 Å². The lowest BCUT2D eigenvalue weighted by molar-refractivity contribution is -0.113. The summed E-state index contributed by atoms with van der Waals surface area (Å²) in [4.78, 5) is 12.1. The molecule has 6 nitrogen and oxygen atoms in total. The van der Waals surface area contributed by atoms with Gasteiger partial charge >= 0.3 is 0 Å². The van der Waals surface area contributed by atoms with Gasteiger partial charge in [-0.2, -0.15) is 0 Å². The van der Waals surface area contributed by atoms with E-state index in [-0.39, 0.29) is 5.91 Å². The van der Waals surface area contributed by atoms with Crippen LogP contribution in [0.2, 0.25) is 0 Å². The third-order valence-electron chi connectivity index (χ3n) is 3.12. The quantitative estimate of drug-likeness (QED) is 0.755. The zero-order chi connectivity index (χ0) is 15.8. The van der Waals surface area contributed by atoms with Gasteiger partial charge in [0.1, 0.15) is 6.33 Å². The summed E-state index contributed by atoms with van der Waals surface area (Å²) in [5, 5.41) is 11.6. The Hall–Kier alpha value is -1.86. The van der Waals surface area contributed by atoms with E-state index in [9.17, 15) is 4.79 Å². The van der Waals surface area contributed by atoms with Gasteiger partial charge in [-0.25, -0.2) is 0 Å². The second-order valence-corrected chi connectivity index (χ2v) is 5.59. The summed E-state index contributed by atoms with van der Waals surface area (Å²) in [5.41, 5.74) is 2.00. The maximum atomic E-state index is 12.1. The number of nitrogens with one attached hydrogen (secondary N) is 1. The Labute approximate surface area is 134 Å². The first kappa shape index (κ1) is 16.5. The number of aromatic nitrogens is 3. The molecule has 2 aromatic rings. The number of nitrogens with zero attached hydrogens (tertiary/aromatic N) is 3. The molecular weight excluding hydrogens is 300 g/mol. The molecule has 1 amide bonds. The van der Waals surface area contributed by atoms with Crippen LogP contribution in [0.15, 0.2) is 35.7 Å². The minimum atomic E-state index is -0.0489. The molecule has 0 aliphatic carbocycles. The van der Waals surface area contributed by atoms with Crippen LogP contribution in [0.3, 0.4) is 0 Å². The van der Waals surface area contributed by atoms with Crippen LogP contribution < -0.4 is 5.32 Å². The molecule has 0 bridgehead atoms. The van der Waals surface area contributed by atoms with Crippen LogP contribution in [-0.4, -0.2) is 40.1 Å². The minimum absolute atomic E-state index is 0.0489. The average Bonchev–Trinajstić information content (AvgIpc) is 2.99. The van der Waals surface area contributed by atoms with Gasteiger partial charge in [-0.15, -0.1) is 10.2 Å². The molecule has 2 rings (SSSR count). The van der Waals surface area contributed by atoms with Crippen molar-refractivity contribution in [2.75, 3.05) is 24.8 Å². The molecule has 0 radical (unpaired) electrons. The number of rotatable bonds is 8. The Morgan fingerprint density at radius 3 is 3.00 bits per heavy atom. The lowest BCUT2D eigenvalue weighted by Crippen LogP contribution is -2.16. The molecule has 1 aromatic carbocycles. The SMILES string of the molecule is CCc1ccccc1NC(=O)CSc1nncn1CCOC. The maximum absolute atomic E-state index is 12.1. The summed E-state index contributed by atoms with van der Waals surface area (Å²) in [5.74, 6) is 0.246. The van der Waals surface area contributed by atoms with Crippen molar-refractivity contribution in [1.82, 2.24) is 14.8 Å². The van der Waals surface area contributed by atoms with Crippen LogP contribution >= 0.6 is 11.8 Å². The maximum Gasteiger partial charge on any atom is 0.234 e. The largest absolute Gasteiger partial charge is 0.383 e. The van der Waals surface area contributed by atoms with Crippen LogP contribution in [0, 0.1) is 0 Å². The van der Waals surface area contributed by atoms with Gasteiger partial charge in [-0.3, -0.25) is 4.79 Å². The standard InChI is InChI=1S/C15H20N4O2S/c1-3-12-6-4-5-7-13(12)17-14(20)10-22-15-18-16-11-19(15)8-9-21-2/h4-7,11H,3,8-10H2,1-2H3,(H,17,20). The molecule has 0 saturated heterocycles. The van der Waals surface area contributed by atoms with Crippen molar-refractivity contribution in [2.45, 2.75) is 25.0 Å². The predicted octanol–water partition coefficient (Wildman–Crippen LogP) is 2.22. The first-order valence-electron chi connectivity index (χ1n) is 7.12. The third-order valence-corrected chi connectivity index (χ3v) is 4.10. The molecule has 118 valence electrons. The van der Waals surface area contributed by atoms with Crippen molar-refractivity contribution in [3.63, 3.8) is 0 Å². The predicted molar refractivity (Wildman–Crippen MR) is 87.1 cm³/mol. The third kappa shape index (κ3) is 4.57. The monoisotopic (exact) mass is 320 g/mol. The Balaban J connectivity index is 1.89. The first-order chi connectivity index (χ1) is 10.7. The molecule has 0 atom stereocenters. The number of ether oxygens (including phenoxy) is 1. The van der Waals surface area contributed by atoms with Crippen LogP contribution in [-0.2, 0) is 22.5 Å². The number of methoxy groups -OCH3 is 1. The van der Waals surface area contributed by atoms with E-state index in [0.717, 1.165) is 22.8 Å². The molecule has 0 unspecified atom stereocenters. The van der Waals surface area contributed by atoms with Crippen molar-refractivity contribution in [2.24, 2.45) is 0 Å². The average molecular weight is 320 g/mol. The molecule has 1 aromatic heterocycles. The summed E-state index contributed by atoms with van der Waals surface area (Å²) in [6.45, 7) is 3.33. The van der Waals surface area contributed by atoms with E-state index in [0.29, 0.717) is 18.9 Å². The number of anilines is 1. The molecule has 22 heavy (non-hydrogen) atoms. The second kappa shape index (κ2) is 8.55. The summed E-state index contributed by atoms with van der Waals surface area (Å²) in [7, 11) is 1.65. The lowest BCUT2D eigenvalue weighted by Gasteiger charge is -2.09. The number of hydrogen-bond acceptors (Lipinski definition) is 5. The van der Waals surface area contributed by atoms with Gasteiger partial charge in [-0.1, -0.05) is 36.9 Å². The highest BCUT2D eigenvalue weighted by atomic mass is 32.2.